The molecule has 4 rings (SSSR count). The van der Waals surface area contributed by atoms with Crippen molar-refractivity contribution in [2.24, 2.45) is 0 Å². The van der Waals surface area contributed by atoms with Gasteiger partial charge < -0.3 is 19.3 Å². The third-order valence-corrected chi connectivity index (χ3v) is 6.33. The average Bonchev–Trinajstić information content (AvgIpc) is 3.48. The Morgan fingerprint density at radius 1 is 1.11 bits per heavy atom. The van der Waals surface area contributed by atoms with E-state index in [1.165, 1.54) is 5.56 Å². The minimum Gasteiger partial charge on any atom is -0.439 e. The predicted octanol–water partition coefficient (Wildman–Crippen LogP) is 5.05. The maximum absolute atomic E-state index is 10.7. The molecular formula is C29H39N3O4. The van der Waals surface area contributed by atoms with Crippen molar-refractivity contribution in [3.63, 3.8) is 0 Å². The van der Waals surface area contributed by atoms with E-state index in [9.17, 15) is 5.11 Å². The second kappa shape index (κ2) is 12.5. The number of aliphatic hydroxyl groups excluding tert-OH is 1. The second-order valence-corrected chi connectivity index (χ2v) is 9.90. The van der Waals surface area contributed by atoms with Crippen LogP contribution in [0.4, 0.5) is 0 Å². The lowest BCUT2D eigenvalue weighted by Crippen LogP contribution is -2.39. The molecule has 2 heterocycles. The summed E-state index contributed by atoms with van der Waals surface area (Å²) in [5, 5.41) is 15.6. The molecule has 2 atom stereocenters. The number of benzene rings is 2. The molecule has 1 aliphatic rings. The zero-order valence-electron chi connectivity index (χ0n) is 21.9. The first-order chi connectivity index (χ1) is 17.4. The third-order valence-electron chi connectivity index (χ3n) is 6.33. The van der Waals surface area contributed by atoms with Gasteiger partial charge in [0, 0.05) is 26.2 Å². The Hall–Kier alpha value is -2.71. The molecule has 7 heteroatoms. The SMILES string of the molecule is Cc1ccc(Oc2c(CN(C[C@H](O)COC(C)C)C[C@@H]3CCCO3)c(C)nn2-c2ccccc2)cc1. The van der Waals surface area contributed by atoms with E-state index in [-0.39, 0.29) is 12.2 Å². The lowest BCUT2D eigenvalue weighted by Gasteiger charge is -2.28. The fourth-order valence-corrected chi connectivity index (χ4v) is 4.45. The summed E-state index contributed by atoms with van der Waals surface area (Å²) in [6.07, 6.45) is 1.75. The Kier molecular flexibility index (Phi) is 9.15. The van der Waals surface area contributed by atoms with Crippen LogP contribution in [0, 0.1) is 13.8 Å². The van der Waals surface area contributed by atoms with Crippen molar-refractivity contribution in [3.8, 4) is 17.3 Å². The van der Waals surface area contributed by atoms with E-state index in [4.69, 9.17) is 19.3 Å². The lowest BCUT2D eigenvalue weighted by molar-refractivity contribution is -0.0173. The Balaban J connectivity index is 1.64. The van der Waals surface area contributed by atoms with Gasteiger partial charge in [0.25, 0.3) is 0 Å². The summed E-state index contributed by atoms with van der Waals surface area (Å²) < 4.78 is 20.0. The largest absolute Gasteiger partial charge is 0.439 e. The van der Waals surface area contributed by atoms with Gasteiger partial charge in [0.15, 0.2) is 0 Å². The molecule has 3 aromatic rings. The molecule has 1 saturated heterocycles. The molecule has 0 spiro atoms. The monoisotopic (exact) mass is 493 g/mol. The van der Waals surface area contributed by atoms with E-state index in [1.54, 1.807) is 0 Å². The van der Waals surface area contributed by atoms with Gasteiger partial charge in [-0.15, -0.1) is 0 Å². The van der Waals surface area contributed by atoms with Gasteiger partial charge in [-0.25, -0.2) is 4.68 Å². The Bertz CT molecular complexity index is 1080. The van der Waals surface area contributed by atoms with Crippen LogP contribution in [0.2, 0.25) is 0 Å². The number of ether oxygens (including phenoxy) is 3. The molecule has 194 valence electrons. The van der Waals surface area contributed by atoms with Crippen molar-refractivity contribution >= 4 is 0 Å². The fraction of sp³-hybridized carbons (Fsp3) is 0.483. The summed E-state index contributed by atoms with van der Waals surface area (Å²) in [5.41, 5.74) is 4.00. The van der Waals surface area contributed by atoms with E-state index < -0.39 is 6.10 Å². The summed E-state index contributed by atoms with van der Waals surface area (Å²) in [7, 11) is 0. The quantitative estimate of drug-likeness (QED) is 0.381. The maximum atomic E-state index is 10.7. The van der Waals surface area contributed by atoms with Crippen LogP contribution in [0.1, 0.15) is 43.5 Å². The maximum Gasteiger partial charge on any atom is 0.227 e. The van der Waals surface area contributed by atoms with Gasteiger partial charge >= 0.3 is 0 Å². The number of aromatic nitrogens is 2. The number of hydrogen-bond donors (Lipinski definition) is 1. The van der Waals surface area contributed by atoms with Gasteiger partial charge in [-0.2, -0.15) is 5.10 Å². The zero-order valence-corrected chi connectivity index (χ0v) is 21.9. The highest BCUT2D eigenvalue weighted by Gasteiger charge is 2.26. The summed E-state index contributed by atoms with van der Waals surface area (Å²) in [6.45, 7) is 10.9. The zero-order chi connectivity index (χ0) is 25.5. The molecule has 36 heavy (non-hydrogen) atoms. The molecule has 0 aliphatic carbocycles. The molecule has 0 unspecified atom stereocenters. The molecule has 0 saturated carbocycles. The summed E-state index contributed by atoms with van der Waals surface area (Å²) >= 11 is 0. The molecule has 1 aromatic heterocycles. The van der Waals surface area contributed by atoms with Gasteiger partial charge in [0.2, 0.25) is 5.88 Å². The van der Waals surface area contributed by atoms with Crippen molar-refractivity contribution < 1.29 is 19.3 Å². The first kappa shape index (κ1) is 26.4. The third kappa shape index (κ3) is 7.17. The van der Waals surface area contributed by atoms with Gasteiger partial charge in [-0.3, -0.25) is 4.90 Å². The molecular weight excluding hydrogens is 454 g/mol. The number of para-hydroxylation sites is 1. The van der Waals surface area contributed by atoms with Crippen molar-refractivity contribution in [3.05, 3.63) is 71.4 Å². The summed E-state index contributed by atoms with van der Waals surface area (Å²) in [6, 6.07) is 18.1. The van der Waals surface area contributed by atoms with Crippen LogP contribution in [0.3, 0.4) is 0 Å². The number of rotatable bonds is 12. The highest BCUT2D eigenvalue weighted by molar-refractivity contribution is 5.43. The molecule has 1 N–H and O–H groups in total. The van der Waals surface area contributed by atoms with Crippen LogP contribution >= 0.6 is 0 Å². The van der Waals surface area contributed by atoms with Crippen molar-refractivity contribution in [2.45, 2.75) is 65.4 Å². The van der Waals surface area contributed by atoms with E-state index in [0.29, 0.717) is 25.6 Å². The van der Waals surface area contributed by atoms with Gasteiger partial charge in [-0.05, 0) is 64.8 Å². The molecule has 1 aliphatic heterocycles. The molecule has 2 aromatic carbocycles. The number of nitrogens with zero attached hydrogens (tertiary/aromatic N) is 3. The number of aryl methyl sites for hydroxylation is 2. The molecule has 0 amide bonds. The standard InChI is InChI=1S/C29H39N3O4/c1-21(2)35-20-25(33)17-31(18-27-11-8-16-34-27)19-28-23(4)30-32(24-9-6-5-7-10-24)29(28)36-26-14-12-22(3)13-15-26/h5-7,9-10,12-15,21,25,27,33H,8,11,16-20H2,1-4H3/t25-,27-/m0/s1. The van der Waals surface area contributed by atoms with Crippen LogP contribution in [-0.4, -0.2) is 64.4 Å². The number of hydrogen-bond acceptors (Lipinski definition) is 6. The van der Waals surface area contributed by atoms with Crippen LogP contribution in [0.5, 0.6) is 11.6 Å². The minimum atomic E-state index is -0.597. The Labute approximate surface area is 214 Å². The molecule has 0 bridgehead atoms. The van der Waals surface area contributed by atoms with Crippen molar-refractivity contribution in [1.82, 2.24) is 14.7 Å². The first-order valence-corrected chi connectivity index (χ1v) is 12.9. The van der Waals surface area contributed by atoms with Crippen molar-refractivity contribution in [2.75, 3.05) is 26.3 Å². The van der Waals surface area contributed by atoms with E-state index in [1.807, 2.05) is 80.1 Å². The van der Waals surface area contributed by atoms with Crippen LogP contribution in [0.25, 0.3) is 5.69 Å². The van der Waals surface area contributed by atoms with Crippen LogP contribution < -0.4 is 4.74 Å². The highest BCUT2D eigenvalue weighted by atomic mass is 16.5. The van der Waals surface area contributed by atoms with Crippen LogP contribution in [-0.2, 0) is 16.0 Å². The second-order valence-electron chi connectivity index (χ2n) is 9.90. The molecule has 7 nitrogen and oxygen atoms in total. The average molecular weight is 494 g/mol. The van der Waals surface area contributed by atoms with E-state index >= 15 is 0 Å². The normalized spacial score (nSPS) is 16.7. The molecule has 0 radical (unpaired) electrons. The Morgan fingerprint density at radius 3 is 2.53 bits per heavy atom. The smallest absolute Gasteiger partial charge is 0.227 e. The fourth-order valence-electron chi connectivity index (χ4n) is 4.45. The number of aliphatic hydroxyl groups is 1. The minimum absolute atomic E-state index is 0.0760. The van der Waals surface area contributed by atoms with Gasteiger partial charge in [-0.1, -0.05) is 35.9 Å². The van der Waals surface area contributed by atoms with E-state index in [0.717, 1.165) is 48.7 Å². The van der Waals surface area contributed by atoms with Gasteiger partial charge in [0.05, 0.1) is 41.9 Å². The predicted molar refractivity (Wildman–Crippen MR) is 141 cm³/mol. The van der Waals surface area contributed by atoms with Crippen molar-refractivity contribution in [1.29, 1.82) is 0 Å². The summed E-state index contributed by atoms with van der Waals surface area (Å²) in [5.74, 6) is 1.45. The topological polar surface area (TPSA) is 69.0 Å². The van der Waals surface area contributed by atoms with Gasteiger partial charge in [0.1, 0.15) is 5.75 Å². The van der Waals surface area contributed by atoms with Crippen LogP contribution in [0.15, 0.2) is 54.6 Å². The molecule has 1 fully saturated rings. The first-order valence-electron chi connectivity index (χ1n) is 12.9. The highest BCUT2D eigenvalue weighted by Crippen LogP contribution is 2.32. The Morgan fingerprint density at radius 2 is 1.86 bits per heavy atom. The van der Waals surface area contributed by atoms with E-state index in [2.05, 4.69) is 11.8 Å². The summed E-state index contributed by atoms with van der Waals surface area (Å²) in [4.78, 5) is 2.24. The lowest BCUT2D eigenvalue weighted by atomic mass is 10.1.